The van der Waals surface area contributed by atoms with Crippen LogP contribution in [0.15, 0.2) is 0 Å². The van der Waals surface area contributed by atoms with Gasteiger partial charge in [-0.15, -0.1) is 0 Å². The van der Waals surface area contributed by atoms with Crippen LogP contribution in [0.3, 0.4) is 0 Å². The zero-order chi connectivity index (χ0) is 13.7. The smallest absolute Gasteiger partial charge is 0.247 e. The van der Waals surface area contributed by atoms with Gasteiger partial charge in [-0.2, -0.15) is 0 Å². The Morgan fingerprint density at radius 2 is 1.67 bits per heavy atom. The van der Waals surface area contributed by atoms with E-state index in [1.165, 1.54) is 4.90 Å². The minimum Gasteiger partial charge on any atom is -0.303 e. The third-order valence-corrected chi connectivity index (χ3v) is 3.91. The number of amides is 2. The van der Waals surface area contributed by atoms with E-state index >= 15 is 0 Å². The molecule has 1 heterocycles. The molecule has 1 fully saturated rings. The molecule has 0 radical (unpaired) electrons. The molecule has 4 heteroatoms. The molecule has 0 aromatic rings. The molecule has 1 aliphatic rings. The molecule has 0 saturated carbocycles. The maximum Gasteiger partial charge on any atom is 0.247 e. The fourth-order valence-electron chi connectivity index (χ4n) is 2.63. The summed E-state index contributed by atoms with van der Waals surface area (Å²) >= 11 is 0. The standard InChI is InChI=1S/C14H26N2O2/c1-5-10(6-2)15-12-9-13(17)16(14(12)18)11(7-3)8-4/h10-12,15H,5-9H2,1-4H3. The van der Waals surface area contributed by atoms with Crippen molar-refractivity contribution in [2.75, 3.05) is 0 Å². The van der Waals surface area contributed by atoms with E-state index in [1.807, 2.05) is 13.8 Å². The van der Waals surface area contributed by atoms with Crippen LogP contribution in [-0.4, -0.2) is 34.8 Å². The van der Waals surface area contributed by atoms with E-state index in [4.69, 9.17) is 0 Å². The first kappa shape index (κ1) is 15.2. The number of nitrogens with one attached hydrogen (secondary N) is 1. The predicted octanol–water partition coefficient (Wildman–Crippen LogP) is 2.08. The van der Waals surface area contributed by atoms with Crippen molar-refractivity contribution in [3.05, 3.63) is 0 Å². The lowest BCUT2D eigenvalue weighted by atomic mass is 10.1. The van der Waals surface area contributed by atoms with E-state index in [9.17, 15) is 9.59 Å². The number of nitrogens with zero attached hydrogens (tertiary/aromatic N) is 1. The maximum atomic E-state index is 12.3. The van der Waals surface area contributed by atoms with Crippen LogP contribution >= 0.6 is 0 Å². The van der Waals surface area contributed by atoms with Gasteiger partial charge in [-0.3, -0.25) is 14.5 Å². The van der Waals surface area contributed by atoms with Crippen molar-refractivity contribution < 1.29 is 9.59 Å². The Kier molecular flexibility index (Phi) is 5.79. The van der Waals surface area contributed by atoms with Gasteiger partial charge in [-0.1, -0.05) is 27.7 Å². The molecule has 0 aromatic carbocycles. The number of hydrogen-bond acceptors (Lipinski definition) is 3. The van der Waals surface area contributed by atoms with Gasteiger partial charge in [-0.25, -0.2) is 0 Å². The third kappa shape index (κ3) is 3.10. The van der Waals surface area contributed by atoms with Crippen LogP contribution in [0.25, 0.3) is 0 Å². The normalized spacial score (nSPS) is 20.6. The van der Waals surface area contributed by atoms with E-state index in [-0.39, 0.29) is 23.9 Å². The lowest BCUT2D eigenvalue weighted by Crippen LogP contribution is -2.46. The number of likely N-dealkylation sites (tertiary alicyclic amines) is 1. The van der Waals surface area contributed by atoms with Crippen LogP contribution in [0.4, 0.5) is 0 Å². The van der Waals surface area contributed by atoms with E-state index in [2.05, 4.69) is 19.2 Å². The van der Waals surface area contributed by atoms with Crippen LogP contribution in [0.2, 0.25) is 0 Å². The van der Waals surface area contributed by atoms with Crippen LogP contribution in [-0.2, 0) is 9.59 Å². The molecule has 1 atom stereocenters. The second-order valence-corrected chi connectivity index (χ2v) is 5.01. The van der Waals surface area contributed by atoms with Crippen molar-refractivity contribution in [3.8, 4) is 0 Å². The van der Waals surface area contributed by atoms with Gasteiger partial charge < -0.3 is 5.32 Å². The zero-order valence-corrected chi connectivity index (χ0v) is 12.0. The van der Waals surface area contributed by atoms with Crippen LogP contribution in [0, 0.1) is 0 Å². The fourth-order valence-corrected chi connectivity index (χ4v) is 2.63. The van der Waals surface area contributed by atoms with Crippen LogP contribution in [0.1, 0.15) is 59.8 Å². The quantitative estimate of drug-likeness (QED) is 0.708. The molecule has 104 valence electrons. The first-order valence-corrected chi connectivity index (χ1v) is 7.20. The zero-order valence-electron chi connectivity index (χ0n) is 12.0. The van der Waals surface area contributed by atoms with E-state index in [0.29, 0.717) is 12.5 Å². The van der Waals surface area contributed by atoms with Gasteiger partial charge in [0, 0.05) is 12.1 Å². The molecule has 1 rings (SSSR count). The second-order valence-electron chi connectivity index (χ2n) is 5.01. The number of hydrogen-bond donors (Lipinski definition) is 1. The van der Waals surface area contributed by atoms with Gasteiger partial charge in [0.15, 0.2) is 0 Å². The molecular formula is C14H26N2O2. The highest BCUT2D eigenvalue weighted by Gasteiger charge is 2.41. The van der Waals surface area contributed by atoms with Gasteiger partial charge in [0.05, 0.1) is 12.5 Å². The Balaban J connectivity index is 2.71. The summed E-state index contributed by atoms with van der Waals surface area (Å²) in [5.74, 6) is -0.0437. The summed E-state index contributed by atoms with van der Waals surface area (Å²) in [6.45, 7) is 8.24. The van der Waals surface area contributed by atoms with Gasteiger partial charge in [0.1, 0.15) is 0 Å². The molecule has 1 N–H and O–H groups in total. The Morgan fingerprint density at radius 1 is 1.11 bits per heavy atom. The Hall–Kier alpha value is -0.900. The first-order valence-electron chi connectivity index (χ1n) is 7.20. The lowest BCUT2D eigenvalue weighted by Gasteiger charge is -2.25. The van der Waals surface area contributed by atoms with E-state index in [0.717, 1.165) is 25.7 Å². The molecule has 1 saturated heterocycles. The molecule has 0 aliphatic carbocycles. The predicted molar refractivity (Wildman–Crippen MR) is 72.1 cm³/mol. The molecule has 0 bridgehead atoms. The highest BCUT2D eigenvalue weighted by molar-refractivity contribution is 6.05. The van der Waals surface area contributed by atoms with E-state index in [1.54, 1.807) is 0 Å². The number of imide groups is 1. The molecule has 4 nitrogen and oxygen atoms in total. The van der Waals surface area contributed by atoms with Gasteiger partial charge in [0.25, 0.3) is 0 Å². The lowest BCUT2D eigenvalue weighted by molar-refractivity contribution is -0.141. The Morgan fingerprint density at radius 3 is 2.11 bits per heavy atom. The van der Waals surface area contributed by atoms with Gasteiger partial charge in [-0.05, 0) is 25.7 Å². The summed E-state index contributed by atoms with van der Waals surface area (Å²) in [5.41, 5.74) is 0. The number of carbonyl (C=O) groups excluding carboxylic acids is 2. The summed E-state index contributed by atoms with van der Waals surface area (Å²) in [7, 11) is 0. The first-order chi connectivity index (χ1) is 8.58. The highest BCUT2D eigenvalue weighted by Crippen LogP contribution is 2.20. The maximum absolute atomic E-state index is 12.3. The minimum atomic E-state index is -0.303. The van der Waals surface area contributed by atoms with Crippen LogP contribution in [0.5, 0.6) is 0 Å². The summed E-state index contributed by atoms with van der Waals surface area (Å²) in [4.78, 5) is 25.7. The SMILES string of the molecule is CCC(CC)NC1CC(=O)N(C(CC)CC)C1=O. The molecule has 18 heavy (non-hydrogen) atoms. The molecular weight excluding hydrogens is 228 g/mol. The highest BCUT2D eigenvalue weighted by atomic mass is 16.2. The van der Waals surface area contributed by atoms with Crippen molar-refractivity contribution >= 4 is 11.8 Å². The molecule has 1 unspecified atom stereocenters. The average Bonchev–Trinajstić information content (AvgIpc) is 2.65. The minimum absolute atomic E-state index is 0.0165. The fraction of sp³-hybridized carbons (Fsp3) is 0.857. The third-order valence-electron chi connectivity index (χ3n) is 3.91. The summed E-state index contributed by atoms with van der Waals surface area (Å²) in [5, 5.41) is 3.32. The van der Waals surface area contributed by atoms with Crippen molar-refractivity contribution in [1.29, 1.82) is 0 Å². The Bertz CT molecular complexity index is 296. The summed E-state index contributed by atoms with van der Waals surface area (Å²) < 4.78 is 0. The monoisotopic (exact) mass is 254 g/mol. The van der Waals surface area contributed by atoms with Gasteiger partial charge in [0.2, 0.25) is 11.8 Å². The topological polar surface area (TPSA) is 49.4 Å². The average molecular weight is 254 g/mol. The van der Waals surface area contributed by atoms with Crippen LogP contribution < -0.4 is 5.32 Å². The molecule has 1 aliphatic heterocycles. The van der Waals surface area contributed by atoms with Crippen molar-refractivity contribution in [2.24, 2.45) is 0 Å². The molecule has 0 aromatic heterocycles. The number of carbonyl (C=O) groups is 2. The summed E-state index contributed by atoms with van der Waals surface area (Å²) in [6.07, 6.45) is 3.97. The molecule has 0 spiro atoms. The largest absolute Gasteiger partial charge is 0.303 e. The van der Waals surface area contributed by atoms with Gasteiger partial charge >= 0.3 is 0 Å². The van der Waals surface area contributed by atoms with Crippen molar-refractivity contribution in [1.82, 2.24) is 10.2 Å². The van der Waals surface area contributed by atoms with Crippen molar-refractivity contribution in [3.63, 3.8) is 0 Å². The Labute approximate surface area is 110 Å². The summed E-state index contributed by atoms with van der Waals surface area (Å²) in [6, 6.07) is 0.0925. The van der Waals surface area contributed by atoms with Crippen molar-refractivity contribution in [2.45, 2.75) is 77.9 Å². The number of rotatable bonds is 7. The van der Waals surface area contributed by atoms with E-state index < -0.39 is 0 Å². The molecule has 2 amide bonds. The second kappa shape index (κ2) is 6.88.